The van der Waals surface area contributed by atoms with E-state index >= 15 is 0 Å². The molecule has 0 spiro atoms. The second-order valence-electron chi connectivity index (χ2n) is 4.88. The van der Waals surface area contributed by atoms with Crippen LogP contribution in [0.15, 0.2) is 60.4 Å². The molecule has 0 atom stereocenters. The van der Waals surface area contributed by atoms with Crippen LogP contribution in [0, 0.1) is 0 Å². The molecule has 0 saturated heterocycles. The van der Waals surface area contributed by atoms with Gasteiger partial charge in [-0.05, 0) is 0 Å². The zero-order chi connectivity index (χ0) is 21.0. The molecule has 0 radical (unpaired) electrons. The summed E-state index contributed by atoms with van der Waals surface area (Å²) in [6.45, 7) is 4.21. The summed E-state index contributed by atoms with van der Waals surface area (Å²) in [5, 5.41) is -0.790. The fraction of sp³-hybridized carbons (Fsp3) is 0.250. The lowest BCUT2D eigenvalue weighted by atomic mass is 9.28. The molecular weight excluding hydrogens is 203 g/mol. The summed E-state index contributed by atoms with van der Waals surface area (Å²) in [4.78, 5) is 0. The molecule has 2 aromatic carbocycles. The second-order valence-corrected chi connectivity index (χ2v) is 4.88. The summed E-state index contributed by atoms with van der Waals surface area (Å²) < 4.78 is 80.2. The molecule has 0 amide bonds. The van der Waals surface area contributed by atoms with Crippen molar-refractivity contribution in [3.63, 3.8) is 0 Å². The Morgan fingerprint density at radius 2 is 1.12 bits per heavy atom. The highest BCUT2D eigenvalue weighted by molar-refractivity contribution is 6.87. The van der Waals surface area contributed by atoms with Gasteiger partial charge in [-0.3, -0.25) is 0 Å². The molecule has 0 aliphatic carbocycles. The molecule has 2 rings (SSSR count). The summed E-state index contributed by atoms with van der Waals surface area (Å²) in [7, 11) is 0. The maximum Gasteiger partial charge on any atom is 0.214 e. The van der Waals surface area contributed by atoms with Crippen LogP contribution >= 0.6 is 0 Å². The minimum atomic E-state index is -1.000. The molecule has 17 heavy (non-hydrogen) atoms. The number of hydrogen-bond donors (Lipinski definition) is 0. The molecule has 0 bridgehead atoms. The van der Waals surface area contributed by atoms with Gasteiger partial charge in [-0.2, -0.15) is 0 Å². The van der Waals surface area contributed by atoms with Gasteiger partial charge in [-0.15, -0.1) is 0 Å². The number of benzene rings is 2. The van der Waals surface area contributed by atoms with Crippen molar-refractivity contribution in [1.82, 2.24) is 0 Å². The van der Waals surface area contributed by atoms with Crippen molar-refractivity contribution in [3.05, 3.63) is 60.4 Å². The molecule has 0 nitrogen and oxygen atoms in total. The normalized spacial score (nSPS) is 19.5. The van der Waals surface area contributed by atoms with E-state index < -0.39 is 72.5 Å². The Labute approximate surface area is 119 Å². The topological polar surface area (TPSA) is 0 Å². The van der Waals surface area contributed by atoms with Crippen molar-refractivity contribution in [2.45, 2.75) is 26.1 Å². The average molecular weight is 232 g/mol. The van der Waals surface area contributed by atoms with Crippen molar-refractivity contribution in [3.8, 4) is 0 Å². The van der Waals surface area contributed by atoms with Crippen LogP contribution in [-0.2, 0) is 0 Å². The van der Waals surface area contributed by atoms with Crippen LogP contribution in [-0.4, -0.2) is 6.71 Å². The molecule has 0 N–H and O–H groups in total. The molecule has 0 fully saturated rings. The predicted octanol–water partition coefficient (Wildman–Crippen LogP) is 3.10. The van der Waals surface area contributed by atoms with Crippen molar-refractivity contribution >= 4 is 17.6 Å². The Morgan fingerprint density at radius 3 is 1.41 bits per heavy atom. The van der Waals surface area contributed by atoms with E-state index in [2.05, 4.69) is 0 Å². The first-order valence-corrected chi connectivity index (χ1v) is 5.37. The van der Waals surface area contributed by atoms with E-state index in [4.69, 9.17) is 13.7 Å². The summed E-state index contributed by atoms with van der Waals surface area (Å²) in [6.07, 6.45) is 0. The van der Waals surface area contributed by atoms with Gasteiger partial charge in [-0.1, -0.05) is 97.4 Å². The standard InChI is InChI=1S/C16H19B/c1-16(2,3)17(14-10-6-4-7-11-14)15-12-8-5-9-13-15/h4-13H,1-3H3/i4D,5D,6D,7D,8D,9D,10D,11D,12D,13D. The van der Waals surface area contributed by atoms with E-state index in [0.29, 0.717) is 0 Å². The number of hydrogen-bond acceptors (Lipinski definition) is 0. The maximum absolute atomic E-state index is 8.26. The van der Waals surface area contributed by atoms with Gasteiger partial charge in [-0.25, -0.2) is 0 Å². The van der Waals surface area contributed by atoms with Gasteiger partial charge >= 0.3 is 0 Å². The van der Waals surface area contributed by atoms with Crippen LogP contribution in [0.3, 0.4) is 0 Å². The third-order valence-electron chi connectivity index (χ3n) is 2.48. The van der Waals surface area contributed by atoms with Crippen LogP contribution in [0.5, 0.6) is 0 Å². The van der Waals surface area contributed by atoms with Gasteiger partial charge in [0.2, 0.25) is 6.71 Å². The third kappa shape index (κ3) is 2.79. The zero-order valence-corrected chi connectivity index (χ0v) is 10.1. The lowest BCUT2D eigenvalue weighted by Crippen LogP contribution is -2.48. The molecule has 0 aliphatic rings. The van der Waals surface area contributed by atoms with E-state index in [1.54, 1.807) is 20.8 Å². The van der Waals surface area contributed by atoms with E-state index in [1.807, 2.05) is 0 Å². The zero-order valence-electron chi connectivity index (χ0n) is 20.1. The monoisotopic (exact) mass is 232 g/mol. The Balaban J connectivity index is 3.04. The average Bonchev–Trinajstić information content (AvgIpc) is 2.59. The van der Waals surface area contributed by atoms with Gasteiger partial charge in [0.05, 0.1) is 13.7 Å². The van der Waals surface area contributed by atoms with Crippen molar-refractivity contribution in [2.75, 3.05) is 0 Å². The fourth-order valence-corrected chi connectivity index (χ4v) is 1.82. The van der Waals surface area contributed by atoms with Crippen LogP contribution in [0.4, 0.5) is 0 Å². The first-order valence-electron chi connectivity index (χ1n) is 10.4. The molecule has 86 valence electrons. The first-order chi connectivity index (χ1) is 12.2. The summed E-state index contributed by atoms with van der Waals surface area (Å²) in [5.74, 6) is 0. The van der Waals surface area contributed by atoms with Gasteiger partial charge in [0.1, 0.15) is 0 Å². The van der Waals surface area contributed by atoms with Crippen LogP contribution in [0.25, 0.3) is 0 Å². The number of rotatable bonds is 2. The molecule has 0 saturated carbocycles. The molecule has 2 aromatic rings. The summed E-state index contributed by atoms with van der Waals surface area (Å²) in [5.41, 5.74) is -0.154. The van der Waals surface area contributed by atoms with Crippen LogP contribution in [0.1, 0.15) is 34.5 Å². The molecule has 0 unspecified atom stereocenters. The molecule has 0 heterocycles. The van der Waals surface area contributed by atoms with Gasteiger partial charge < -0.3 is 0 Å². The lowest BCUT2D eigenvalue weighted by molar-refractivity contribution is 0.750. The molecule has 1 heteroatoms. The van der Waals surface area contributed by atoms with E-state index in [-0.39, 0.29) is 10.9 Å². The van der Waals surface area contributed by atoms with Crippen molar-refractivity contribution < 1.29 is 13.7 Å². The highest BCUT2D eigenvalue weighted by Crippen LogP contribution is 2.26. The Morgan fingerprint density at radius 1 is 0.765 bits per heavy atom. The Hall–Kier alpha value is -1.50. The molecule has 0 aliphatic heterocycles. The van der Waals surface area contributed by atoms with E-state index in [0.717, 1.165) is 0 Å². The third-order valence-corrected chi connectivity index (χ3v) is 2.48. The highest BCUT2D eigenvalue weighted by atomic mass is 14.1. The Bertz CT molecular complexity index is 805. The minimum absolute atomic E-state index is 0.0768. The second kappa shape index (κ2) is 4.79. The van der Waals surface area contributed by atoms with E-state index in [1.165, 1.54) is 0 Å². The first kappa shape index (κ1) is 4.64. The maximum atomic E-state index is 8.26. The van der Waals surface area contributed by atoms with Gasteiger partial charge in [0, 0.05) is 0 Å². The van der Waals surface area contributed by atoms with Crippen molar-refractivity contribution in [1.29, 1.82) is 0 Å². The fourth-order valence-electron chi connectivity index (χ4n) is 1.82. The summed E-state index contributed by atoms with van der Waals surface area (Å²) >= 11 is 0. The van der Waals surface area contributed by atoms with Gasteiger partial charge in [0.25, 0.3) is 0 Å². The Kier molecular flexibility index (Phi) is 1.31. The predicted molar refractivity (Wildman–Crippen MR) is 77.6 cm³/mol. The van der Waals surface area contributed by atoms with E-state index in [9.17, 15) is 0 Å². The largest absolute Gasteiger partial charge is 0.214 e. The van der Waals surface area contributed by atoms with Crippen LogP contribution in [0.2, 0.25) is 5.31 Å². The quantitative estimate of drug-likeness (QED) is 0.698. The molecule has 0 aromatic heterocycles. The van der Waals surface area contributed by atoms with Crippen LogP contribution < -0.4 is 10.9 Å². The lowest BCUT2D eigenvalue weighted by Gasteiger charge is -2.28. The molecular formula is C16H19B. The van der Waals surface area contributed by atoms with Crippen molar-refractivity contribution in [2.24, 2.45) is 0 Å². The summed E-state index contributed by atoms with van der Waals surface area (Å²) in [6, 6.07) is -4.91. The smallest absolute Gasteiger partial charge is 0.0736 e. The minimum Gasteiger partial charge on any atom is -0.0736 e. The van der Waals surface area contributed by atoms with Gasteiger partial charge in [0.15, 0.2) is 0 Å². The highest BCUT2D eigenvalue weighted by Gasteiger charge is 2.31. The SMILES string of the molecule is [2H]c1c([2H])c([2H])c(B(c2c([2H])c([2H])c([2H])c([2H])c2[2H])C(C)(C)C)c([2H])c1[2H].